The molecule has 2 heterocycles. The third-order valence-corrected chi connectivity index (χ3v) is 8.40. The van der Waals surface area contributed by atoms with Crippen LogP contribution in [0, 0.1) is 0 Å². The monoisotopic (exact) mass is 509 g/mol. The molecule has 1 N–H and O–H groups in total. The summed E-state index contributed by atoms with van der Waals surface area (Å²) in [5, 5.41) is 0.956. The van der Waals surface area contributed by atoms with Gasteiger partial charge >= 0.3 is 0 Å². The van der Waals surface area contributed by atoms with Gasteiger partial charge in [-0.2, -0.15) is 4.37 Å². The van der Waals surface area contributed by atoms with Crippen LogP contribution in [0.2, 0.25) is 0 Å². The number of benzene rings is 1. The van der Waals surface area contributed by atoms with E-state index in [1.807, 2.05) is 18.2 Å². The summed E-state index contributed by atoms with van der Waals surface area (Å²) < 4.78 is 37.0. The summed E-state index contributed by atoms with van der Waals surface area (Å²) in [4.78, 5) is 9.32. The molecule has 0 bridgehead atoms. The fraction of sp³-hybridized carbons (Fsp3) is 0.667. The number of nitrogens with one attached hydrogen (secondary N) is 1. The standard InChI is InChI=1S/C24H39N5O3S2/c1-3-4-5-6-7-8-18-34(30,31)25-12-13-28-14-16-29(17-15-28)24-26-23(27-33-24)20-21-10-9-11-22(19-21)32-2/h9-11,19,25H,3-8,12-18,20H2,1-2H3. The second-order valence-electron chi connectivity index (χ2n) is 8.83. The van der Waals surface area contributed by atoms with E-state index in [1.54, 1.807) is 7.11 Å². The molecule has 1 saturated heterocycles. The Labute approximate surface area is 208 Å². The molecule has 34 heavy (non-hydrogen) atoms. The number of hydrogen-bond acceptors (Lipinski definition) is 8. The molecular formula is C24H39N5O3S2. The van der Waals surface area contributed by atoms with E-state index >= 15 is 0 Å². The first-order valence-electron chi connectivity index (χ1n) is 12.4. The number of unbranched alkanes of at least 4 members (excludes halogenated alkanes) is 5. The minimum Gasteiger partial charge on any atom is -0.497 e. The van der Waals surface area contributed by atoms with Gasteiger partial charge in [-0.25, -0.2) is 18.1 Å². The lowest BCUT2D eigenvalue weighted by Crippen LogP contribution is -2.48. The fourth-order valence-electron chi connectivity index (χ4n) is 4.08. The number of piperazine rings is 1. The molecule has 8 nitrogen and oxygen atoms in total. The molecule has 0 amide bonds. The van der Waals surface area contributed by atoms with Crippen molar-refractivity contribution in [1.82, 2.24) is 19.0 Å². The van der Waals surface area contributed by atoms with Crippen LogP contribution in [0.4, 0.5) is 5.13 Å². The van der Waals surface area contributed by atoms with Crippen LogP contribution in [0.3, 0.4) is 0 Å². The first kappa shape index (κ1) is 26.8. The highest BCUT2D eigenvalue weighted by atomic mass is 32.2. The minimum absolute atomic E-state index is 0.238. The normalized spacial score (nSPS) is 15.1. The van der Waals surface area contributed by atoms with Crippen LogP contribution in [0.5, 0.6) is 5.75 Å². The van der Waals surface area contributed by atoms with Crippen molar-refractivity contribution < 1.29 is 13.2 Å². The molecule has 0 saturated carbocycles. The summed E-state index contributed by atoms with van der Waals surface area (Å²) in [5.41, 5.74) is 1.13. The maximum atomic E-state index is 12.2. The lowest BCUT2D eigenvalue weighted by atomic mass is 10.1. The van der Waals surface area contributed by atoms with Crippen molar-refractivity contribution in [3.8, 4) is 5.75 Å². The van der Waals surface area contributed by atoms with Gasteiger partial charge in [-0.05, 0) is 24.1 Å². The van der Waals surface area contributed by atoms with Crippen LogP contribution >= 0.6 is 11.5 Å². The van der Waals surface area contributed by atoms with Crippen molar-refractivity contribution in [3.05, 3.63) is 35.7 Å². The van der Waals surface area contributed by atoms with Gasteiger partial charge < -0.3 is 9.64 Å². The Bertz CT molecular complexity index is 959. The first-order chi connectivity index (χ1) is 16.5. The lowest BCUT2D eigenvalue weighted by molar-refractivity contribution is 0.262. The van der Waals surface area contributed by atoms with E-state index in [0.717, 1.165) is 74.3 Å². The zero-order valence-corrected chi connectivity index (χ0v) is 22.2. The van der Waals surface area contributed by atoms with E-state index in [0.29, 0.717) is 13.0 Å². The van der Waals surface area contributed by atoms with E-state index in [4.69, 9.17) is 9.72 Å². The minimum atomic E-state index is -3.17. The van der Waals surface area contributed by atoms with Crippen LogP contribution < -0.4 is 14.4 Å². The van der Waals surface area contributed by atoms with E-state index in [1.165, 1.54) is 30.8 Å². The van der Waals surface area contributed by atoms with E-state index < -0.39 is 10.0 Å². The van der Waals surface area contributed by atoms with Gasteiger partial charge in [0.1, 0.15) is 11.6 Å². The fourth-order valence-corrected chi connectivity index (χ4v) is 5.94. The molecule has 10 heteroatoms. The molecule has 1 aromatic heterocycles. The van der Waals surface area contributed by atoms with Gasteiger partial charge in [0.25, 0.3) is 0 Å². The van der Waals surface area contributed by atoms with Crippen LogP contribution in [-0.2, 0) is 16.4 Å². The number of anilines is 1. The van der Waals surface area contributed by atoms with Gasteiger partial charge in [-0.3, -0.25) is 4.90 Å². The molecule has 0 radical (unpaired) electrons. The Hall–Kier alpha value is -1.75. The highest BCUT2D eigenvalue weighted by Gasteiger charge is 2.20. The lowest BCUT2D eigenvalue weighted by Gasteiger charge is -2.34. The molecule has 3 rings (SSSR count). The van der Waals surface area contributed by atoms with Crippen molar-refractivity contribution in [1.29, 1.82) is 0 Å². The smallest absolute Gasteiger partial charge is 0.211 e. The summed E-state index contributed by atoms with van der Waals surface area (Å²) in [6, 6.07) is 7.99. The Morgan fingerprint density at radius 1 is 1.09 bits per heavy atom. The van der Waals surface area contributed by atoms with Crippen molar-refractivity contribution in [2.75, 3.05) is 57.0 Å². The molecular weight excluding hydrogens is 470 g/mol. The molecule has 1 aliphatic heterocycles. The summed E-state index contributed by atoms with van der Waals surface area (Å²) in [6.07, 6.45) is 7.21. The molecule has 0 atom stereocenters. The van der Waals surface area contributed by atoms with Crippen LogP contribution in [0.1, 0.15) is 56.8 Å². The number of methoxy groups -OCH3 is 1. The van der Waals surface area contributed by atoms with Gasteiger partial charge in [0, 0.05) is 57.2 Å². The maximum absolute atomic E-state index is 12.2. The van der Waals surface area contributed by atoms with Gasteiger partial charge in [0.15, 0.2) is 0 Å². The SMILES string of the molecule is CCCCCCCCS(=O)(=O)NCCN1CCN(c2nc(Cc3cccc(OC)c3)ns2)CC1. The van der Waals surface area contributed by atoms with Crippen molar-refractivity contribution in [3.63, 3.8) is 0 Å². The summed E-state index contributed by atoms with van der Waals surface area (Å²) >= 11 is 1.44. The molecule has 190 valence electrons. The number of rotatable bonds is 15. The van der Waals surface area contributed by atoms with E-state index in [2.05, 4.69) is 31.9 Å². The highest BCUT2D eigenvalue weighted by molar-refractivity contribution is 7.89. The predicted molar refractivity (Wildman–Crippen MR) is 140 cm³/mol. The third-order valence-electron chi connectivity index (χ3n) is 6.11. The Morgan fingerprint density at radius 3 is 2.62 bits per heavy atom. The highest BCUT2D eigenvalue weighted by Crippen LogP contribution is 2.21. The first-order valence-corrected chi connectivity index (χ1v) is 14.8. The molecule has 0 unspecified atom stereocenters. The average Bonchev–Trinajstić information content (AvgIpc) is 3.30. The van der Waals surface area contributed by atoms with Crippen LogP contribution in [0.15, 0.2) is 24.3 Å². The molecule has 1 aromatic carbocycles. The van der Waals surface area contributed by atoms with Crippen molar-refractivity contribution >= 4 is 26.7 Å². The number of ether oxygens (including phenoxy) is 1. The van der Waals surface area contributed by atoms with Crippen LogP contribution in [-0.4, -0.2) is 74.8 Å². The summed E-state index contributed by atoms with van der Waals surface area (Å²) in [7, 11) is -1.50. The average molecular weight is 510 g/mol. The molecule has 1 fully saturated rings. The molecule has 0 aliphatic carbocycles. The third kappa shape index (κ3) is 9.13. The van der Waals surface area contributed by atoms with E-state index in [-0.39, 0.29) is 5.75 Å². The molecule has 0 spiro atoms. The largest absolute Gasteiger partial charge is 0.497 e. The summed E-state index contributed by atoms with van der Waals surface area (Å²) in [6.45, 7) is 6.93. The Morgan fingerprint density at radius 2 is 1.85 bits per heavy atom. The number of hydrogen-bond donors (Lipinski definition) is 1. The summed E-state index contributed by atoms with van der Waals surface area (Å²) in [5.74, 6) is 1.91. The van der Waals surface area contributed by atoms with Crippen molar-refractivity contribution in [2.24, 2.45) is 0 Å². The second-order valence-corrected chi connectivity index (χ2v) is 11.5. The second kappa shape index (κ2) is 14.0. The number of sulfonamides is 1. The number of aromatic nitrogens is 2. The van der Waals surface area contributed by atoms with Crippen LogP contribution in [0.25, 0.3) is 0 Å². The van der Waals surface area contributed by atoms with Crippen molar-refractivity contribution in [2.45, 2.75) is 51.9 Å². The van der Waals surface area contributed by atoms with Gasteiger partial charge in [0.05, 0.1) is 12.9 Å². The molecule has 2 aromatic rings. The molecule has 1 aliphatic rings. The zero-order chi connectivity index (χ0) is 24.2. The Kier molecular flexibility index (Phi) is 11.0. The van der Waals surface area contributed by atoms with Gasteiger partial charge in [-0.1, -0.05) is 51.2 Å². The zero-order valence-electron chi connectivity index (χ0n) is 20.5. The predicted octanol–water partition coefficient (Wildman–Crippen LogP) is 3.54. The topological polar surface area (TPSA) is 87.7 Å². The maximum Gasteiger partial charge on any atom is 0.211 e. The quantitative estimate of drug-likeness (QED) is 0.368. The number of nitrogens with zero attached hydrogens (tertiary/aromatic N) is 4. The van der Waals surface area contributed by atoms with E-state index in [9.17, 15) is 8.42 Å². The van der Waals surface area contributed by atoms with Gasteiger partial charge in [0.2, 0.25) is 15.2 Å². The Balaban J connectivity index is 1.34. The van der Waals surface area contributed by atoms with Gasteiger partial charge in [-0.15, -0.1) is 0 Å².